The first-order valence-electron chi connectivity index (χ1n) is 7.11. The van der Waals surface area contributed by atoms with Crippen LogP contribution in [0.1, 0.15) is 39.5 Å². The molecule has 19 heavy (non-hydrogen) atoms. The van der Waals surface area contributed by atoms with Crippen LogP contribution in [0.15, 0.2) is 11.6 Å². The van der Waals surface area contributed by atoms with Crippen molar-refractivity contribution in [2.24, 2.45) is 22.7 Å². The molecule has 5 atom stereocenters. The molecule has 0 bridgehead atoms. The minimum Gasteiger partial charge on any atom is -0.481 e. The smallest absolute Gasteiger partial charge is 0.309 e. The molecule has 0 amide bonds. The zero-order valence-electron chi connectivity index (χ0n) is 11.6. The second kappa shape index (κ2) is 4.06. The SMILES string of the molecule is C[C@]12CCC[C@@](C)(C(=O)O)[C@@H]1CC=C1CO[C@H](O)[C@@H]12. The van der Waals surface area contributed by atoms with Gasteiger partial charge in [-0.05, 0) is 43.1 Å². The van der Waals surface area contributed by atoms with E-state index in [4.69, 9.17) is 4.74 Å². The van der Waals surface area contributed by atoms with Crippen LogP contribution in [0.3, 0.4) is 0 Å². The molecular weight excluding hydrogens is 244 g/mol. The number of hydrogen-bond acceptors (Lipinski definition) is 3. The zero-order chi connectivity index (χ0) is 13.8. The first-order chi connectivity index (χ1) is 8.89. The van der Waals surface area contributed by atoms with Crippen LogP contribution in [0.5, 0.6) is 0 Å². The second-order valence-corrected chi connectivity index (χ2v) is 6.83. The Kier molecular flexibility index (Phi) is 2.81. The van der Waals surface area contributed by atoms with Gasteiger partial charge >= 0.3 is 5.97 Å². The standard InChI is InChI=1S/C15H22O4/c1-14-6-3-7-15(2,13(17)18)10(14)5-4-9-8-19-12(16)11(9)14/h4,10-12,16H,3,5-8H2,1-2H3,(H,17,18)/t10-,11-,12+,14+,15-/m1/s1. The van der Waals surface area contributed by atoms with Crippen LogP contribution < -0.4 is 0 Å². The lowest BCUT2D eigenvalue weighted by Crippen LogP contribution is -2.54. The quantitative estimate of drug-likeness (QED) is 0.714. The van der Waals surface area contributed by atoms with Crippen molar-refractivity contribution in [3.63, 3.8) is 0 Å². The highest BCUT2D eigenvalue weighted by molar-refractivity contribution is 5.75. The Balaban J connectivity index is 2.05. The van der Waals surface area contributed by atoms with E-state index in [0.717, 1.165) is 25.7 Å². The fourth-order valence-corrected chi connectivity index (χ4v) is 4.83. The number of aliphatic carboxylic acids is 1. The van der Waals surface area contributed by atoms with Crippen LogP contribution in [-0.4, -0.2) is 29.1 Å². The van der Waals surface area contributed by atoms with Crippen molar-refractivity contribution in [3.8, 4) is 0 Å². The van der Waals surface area contributed by atoms with Crippen molar-refractivity contribution in [2.45, 2.75) is 45.8 Å². The summed E-state index contributed by atoms with van der Waals surface area (Å²) in [6, 6.07) is 0. The highest BCUT2D eigenvalue weighted by Gasteiger charge is 2.60. The molecule has 1 heterocycles. The number of carboxylic acids is 1. The van der Waals surface area contributed by atoms with E-state index < -0.39 is 17.7 Å². The first-order valence-corrected chi connectivity index (χ1v) is 7.11. The van der Waals surface area contributed by atoms with Gasteiger partial charge in [-0.25, -0.2) is 0 Å². The summed E-state index contributed by atoms with van der Waals surface area (Å²) in [6.45, 7) is 4.52. The largest absolute Gasteiger partial charge is 0.481 e. The summed E-state index contributed by atoms with van der Waals surface area (Å²) in [5.74, 6) is -0.643. The second-order valence-electron chi connectivity index (χ2n) is 6.83. The van der Waals surface area contributed by atoms with Crippen molar-refractivity contribution in [2.75, 3.05) is 6.61 Å². The van der Waals surface area contributed by atoms with Gasteiger partial charge in [-0.1, -0.05) is 19.4 Å². The molecule has 0 aromatic rings. The molecule has 2 aliphatic carbocycles. The Labute approximate surface area is 113 Å². The van der Waals surface area contributed by atoms with Crippen LogP contribution in [0.25, 0.3) is 0 Å². The van der Waals surface area contributed by atoms with Crippen LogP contribution >= 0.6 is 0 Å². The van der Waals surface area contributed by atoms with Crippen LogP contribution in [0.2, 0.25) is 0 Å². The summed E-state index contributed by atoms with van der Waals surface area (Å²) < 4.78 is 5.38. The Hall–Kier alpha value is -0.870. The number of fused-ring (bicyclic) bond motifs is 3. The predicted octanol–water partition coefficient (Wildman–Crippen LogP) is 2.18. The van der Waals surface area contributed by atoms with E-state index in [0.29, 0.717) is 6.61 Å². The Morgan fingerprint density at radius 2 is 2.16 bits per heavy atom. The van der Waals surface area contributed by atoms with Crippen LogP contribution in [0, 0.1) is 22.7 Å². The zero-order valence-corrected chi connectivity index (χ0v) is 11.6. The Morgan fingerprint density at radius 1 is 1.42 bits per heavy atom. The van der Waals surface area contributed by atoms with E-state index in [9.17, 15) is 15.0 Å². The number of aliphatic hydroxyl groups excluding tert-OH is 1. The molecule has 0 unspecified atom stereocenters. The molecule has 0 radical (unpaired) electrons. The predicted molar refractivity (Wildman–Crippen MR) is 69.3 cm³/mol. The number of hydrogen-bond donors (Lipinski definition) is 2. The van der Waals surface area contributed by atoms with Gasteiger partial charge in [0.2, 0.25) is 0 Å². The molecule has 1 saturated heterocycles. The monoisotopic (exact) mass is 266 g/mol. The maximum Gasteiger partial charge on any atom is 0.309 e. The first kappa shape index (κ1) is 13.1. The lowest BCUT2D eigenvalue weighted by Gasteiger charge is -2.55. The van der Waals surface area contributed by atoms with Gasteiger partial charge in [-0.2, -0.15) is 0 Å². The van der Waals surface area contributed by atoms with Gasteiger partial charge in [0.15, 0.2) is 6.29 Å². The molecule has 106 valence electrons. The van der Waals surface area contributed by atoms with E-state index in [1.165, 1.54) is 5.57 Å². The maximum absolute atomic E-state index is 11.7. The van der Waals surface area contributed by atoms with Crippen molar-refractivity contribution >= 4 is 5.97 Å². The van der Waals surface area contributed by atoms with Crippen LogP contribution in [0.4, 0.5) is 0 Å². The van der Waals surface area contributed by atoms with Crippen molar-refractivity contribution in [3.05, 3.63) is 11.6 Å². The van der Waals surface area contributed by atoms with E-state index in [1.54, 1.807) is 0 Å². The molecule has 1 saturated carbocycles. The highest BCUT2D eigenvalue weighted by Crippen LogP contribution is 2.61. The summed E-state index contributed by atoms with van der Waals surface area (Å²) in [4.78, 5) is 11.7. The summed E-state index contributed by atoms with van der Waals surface area (Å²) >= 11 is 0. The number of allylic oxidation sites excluding steroid dienone is 1. The van der Waals surface area contributed by atoms with Gasteiger partial charge in [-0.3, -0.25) is 4.79 Å². The Morgan fingerprint density at radius 3 is 2.84 bits per heavy atom. The van der Waals surface area contributed by atoms with Crippen LogP contribution in [-0.2, 0) is 9.53 Å². The van der Waals surface area contributed by atoms with E-state index >= 15 is 0 Å². The van der Waals surface area contributed by atoms with Gasteiger partial charge in [0.05, 0.1) is 12.0 Å². The summed E-state index contributed by atoms with van der Waals surface area (Å²) in [6.07, 6.45) is 4.75. The average molecular weight is 266 g/mol. The van der Waals surface area contributed by atoms with Gasteiger partial charge < -0.3 is 14.9 Å². The number of rotatable bonds is 1. The third-order valence-corrected chi connectivity index (χ3v) is 5.90. The minimum absolute atomic E-state index is 0.0229. The summed E-state index contributed by atoms with van der Waals surface area (Å²) in [5, 5.41) is 19.8. The normalized spacial score (nSPS) is 49.2. The Bertz CT molecular complexity index is 443. The highest BCUT2D eigenvalue weighted by atomic mass is 16.6. The minimum atomic E-state index is -0.768. The molecule has 4 heteroatoms. The molecule has 1 aliphatic heterocycles. The molecule has 0 aromatic heterocycles. The van der Waals surface area contributed by atoms with Crippen molar-refractivity contribution < 1.29 is 19.7 Å². The van der Waals surface area contributed by atoms with Crippen molar-refractivity contribution in [1.29, 1.82) is 0 Å². The van der Waals surface area contributed by atoms with Crippen molar-refractivity contribution in [1.82, 2.24) is 0 Å². The van der Waals surface area contributed by atoms with Gasteiger partial charge in [0.1, 0.15) is 0 Å². The molecular formula is C15H22O4. The molecule has 2 fully saturated rings. The molecule has 3 rings (SSSR count). The van der Waals surface area contributed by atoms with Gasteiger partial charge in [-0.15, -0.1) is 0 Å². The molecule has 4 nitrogen and oxygen atoms in total. The van der Waals surface area contributed by atoms with E-state index in [1.807, 2.05) is 6.92 Å². The fourth-order valence-electron chi connectivity index (χ4n) is 4.83. The third-order valence-electron chi connectivity index (χ3n) is 5.90. The fraction of sp³-hybridized carbons (Fsp3) is 0.800. The van der Waals surface area contributed by atoms with Gasteiger partial charge in [0.25, 0.3) is 0 Å². The molecule has 3 aliphatic rings. The summed E-state index contributed by atoms with van der Waals surface area (Å²) in [5.41, 5.74) is 0.323. The topological polar surface area (TPSA) is 66.8 Å². The third kappa shape index (κ3) is 1.62. The summed E-state index contributed by atoms with van der Waals surface area (Å²) in [7, 11) is 0. The number of ether oxygens (including phenoxy) is 1. The van der Waals surface area contributed by atoms with E-state index in [-0.39, 0.29) is 17.3 Å². The molecule has 0 aromatic carbocycles. The average Bonchev–Trinajstić information content (AvgIpc) is 2.72. The maximum atomic E-state index is 11.7. The lowest BCUT2D eigenvalue weighted by atomic mass is 9.48. The van der Waals surface area contributed by atoms with Gasteiger partial charge in [0, 0.05) is 5.92 Å². The molecule has 0 spiro atoms. The number of carbonyl (C=O) groups is 1. The lowest BCUT2D eigenvalue weighted by molar-refractivity contribution is -0.172. The number of aliphatic hydroxyl groups is 1. The molecule has 2 N–H and O–H groups in total. The number of carboxylic acid groups (broad SMARTS) is 1. The van der Waals surface area contributed by atoms with E-state index in [2.05, 4.69) is 13.0 Å².